The highest BCUT2D eigenvalue weighted by atomic mass is 32.2. The Morgan fingerprint density at radius 2 is 1.65 bits per heavy atom. The molecule has 0 radical (unpaired) electrons. The van der Waals surface area contributed by atoms with Crippen LogP contribution in [0, 0.1) is 12.7 Å². The highest BCUT2D eigenvalue weighted by Crippen LogP contribution is 2.34. The largest absolute Gasteiger partial charge is 0.486 e. The first-order valence-electron chi connectivity index (χ1n) is 14.1. The maximum Gasteiger partial charge on any atom is 0.264 e. The molecule has 3 aromatic carbocycles. The van der Waals surface area contributed by atoms with Gasteiger partial charge in [0.1, 0.15) is 31.6 Å². The normalized spacial score (nSPS) is 13.6. The summed E-state index contributed by atoms with van der Waals surface area (Å²) in [4.78, 5) is 28.9. The van der Waals surface area contributed by atoms with Gasteiger partial charge in [-0.05, 0) is 76.1 Å². The first-order chi connectivity index (χ1) is 20.3. The van der Waals surface area contributed by atoms with Crippen LogP contribution in [-0.2, 0) is 26.2 Å². The van der Waals surface area contributed by atoms with Crippen LogP contribution in [0.1, 0.15) is 45.2 Å². The van der Waals surface area contributed by atoms with Crippen molar-refractivity contribution in [1.82, 2.24) is 10.2 Å². The number of fused-ring (bicyclic) bond motifs is 1. The molecular formula is C32H38FN3O6S. The Balaban J connectivity index is 1.75. The highest BCUT2D eigenvalue weighted by molar-refractivity contribution is 7.92. The van der Waals surface area contributed by atoms with Crippen molar-refractivity contribution in [2.75, 3.05) is 24.1 Å². The smallest absolute Gasteiger partial charge is 0.264 e. The lowest BCUT2D eigenvalue weighted by molar-refractivity contribution is -0.141. The minimum Gasteiger partial charge on any atom is -0.486 e. The Kier molecular flexibility index (Phi) is 9.64. The van der Waals surface area contributed by atoms with Gasteiger partial charge in [-0.3, -0.25) is 13.9 Å². The number of nitrogens with zero attached hydrogens (tertiary/aromatic N) is 2. The molecule has 0 saturated heterocycles. The predicted octanol–water partition coefficient (Wildman–Crippen LogP) is 4.82. The molecule has 0 spiro atoms. The van der Waals surface area contributed by atoms with E-state index in [9.17, 15) is 22.4 Å². The second kappa shape index (κ2) is 13.0. The molecule has 1 aliphatic rings. The van der Waals surface area contributed by atoms with Crippen molar-refractivity contribution in [2.45, 2.75) is 64.1 Å². The summed E-state index contributed by atoms with van der Waals surface area (Å²) < 4.78 is 54.2. The van der Waals surface area contributed by atoms with Gasteiger partial charge in [-0.25, -0.2) is 12.8 Å². The van der Waals surface area contributed by atoms with Gasteiger partial charge < -0.3 is 19.7 Å². The average Bonchev–Trinajstić information content (AvgIpc) is 2.95. The molecule has 1 aliphatic heterocycles. The Hall–Kier alpha value is -4.12. The molecule has 0 aliphatic carbocycles. The number of ether oxygens (including phenoxy) is 2. The molecule has 43 heavy (non-hydrogen) atoms. The second-order valence-electron chi connectivity index (χ2n) is 11.5. The second-order valence-corrected chi connectivity index (χ2v) is 13.3. The summed E-state index contributed by atoms with van der Waals surface area (Å²) in [6.07, 6.45) is 0.297. The summed E-state index contributed by atoms with van der Waals surface area (Å²) in [6.45, 7) is 9.32. The lowest BCUT2D eigenvalue weighted by Crippen LogP contribution is -2.55. The van der Waals surface area contributed by atoms with E-state index < -0.39 is 39.9 Å². The quantitative estimate of drug-likeness (QED) is 0.353. The van der Waals surface area contributed by atoms with E-state index in [1.54, 1.807) is 6.92 Å². The Morgan fingerprint density at radius 3 is 2.28 bits per heavy atom. The predicted molar refractivity (Wildman–Crippen MR) is 162 cm³/mol. The van der Waals surface area contributed by atoms with Crippen LogP contribution in [0.15, 0.2) is 71.6 Å². The van der Waals surface area contributed by atoms with Gasteiger partial charge in [0.2, 0.25) is 11.8 Å². The number of hydrogen-bond acceptors (Lipinski definition) is 6. The fourth-order valence-electron chi connectivity index (χ4n) is 4.83. The van der Waals surface area contributed by atoms with Crippen molar-refractivity contribution in [3.8, 4) is 11.5 Å². The first kappa shape index (κ1) is 31.8. The van der Waals surface area contributed by atoms with Crippen molar-refractivity contribution in [3.63, 3.8) is 0 Å². The topological polar surface area (TPSA) is 105 Å². The fraction of sp³-hybridized carbons (Fsp3) is 0.375. The molecule has 1 N–H and O–H groups in total. The summed E-state index contributed by atoms with van der Waals surface area (Å²) in [5.74, 6) is -0.821. The molecule has 3 aromatic rings. The summed E-state index contributed by atoms with van der Waals surface area (Å²) in [5, 5.41) is 2.95. The third-order valence-electron chi connectivity index (χ3n) is 6.81. The van der Waals surface area contributed by atoms with Crippen molar-refractivity contribution in [3.05, 3.63) is 83.7 Å². The number of anilines is 1. The molecule has 0 saturated carbocycles. The number of hydrogen-bond donors (Lipinski definition) is 1. The monoisotopic (exact) mass is 611 g/mol. The zero-order valence-electron chi connectivity index (χ0n) is 25.1. The van der Waals surface area contributed by atoms with Gasteiger partial charge in [-0.2, -0.15) is 0 Å². The van der Waals surface area contributed by atoms with E-state index in [4.69, 9.17) is 9.47 Å². The van der Waals surface area contributed by atoms with E-state index >= 15 is 0 Å². The number of halogens is 1. The van der Waals surface area contributed by atoms with Crippen LogP contribution in [0.4, 0.5) is 10.1 Å². The number of carbonyl (C=O) groups excluding carboxylic acids is 2. The van der Waals surface area contributed by atoms with Gasteiger partial charge in [-0.15, -0.1) is 0 Å². The van der Waals surface area contributed by atoms with Crippen molar-refractivity contribution in [1.29, 1.82) is 0 Å². The number of benzene rings is 3. The molecule has 1 unspecified atom stereocenters. The van der Waals surface area contributed by atoms with E-state index in [2.05, 4.69) is 5.32 Å². The van der Waals surface area contributed by atoms with Gasteiger partial charge in [0.05, 0.1) is 10.6 Å². The Bertz CT molecular complexity index is 1570. The van der Waals surface area contributed by atoms with Gasteiger partial charge in [-0.1, -0.05) is 36.8 Å². The van der Waals surface area contributed by atoms with E-state index in [1.807, 2.05) is 52.0 Å². The minimum absolute atomic E-state index is 0.0813. The van der Waals surface area contributed by atoms with Gasteiger partial charge >= 0.3 is 0 Å². The first-order valence-corrected chi connectivity index (χ1v) is 15.6. The molecule has 0 fully saturated rings. The third kappa shape index (κ3) is 7.84. The molecule has 0 bridgehead atoms. The van der Waals surface area contributed by atoms with Gasteiger partial charge in [0.25, 0.3) is 10.0 Å². The fourth-order valence-corrected chi connectivity index (χ4v) is 6.26. The molecule has 2 amide bonds. The van der Waals surface area contributed by atoms with Crippen molar-refractivity contribution in [2.24, 2.45) is 0 Å². The molecule has 1 heterocycles. The molecule has 9 nitrogen and oxygen atoms in total. The standard InChI is InChI=1S/C32H38FN3O6S/c1-6-27(31(38)34-32(3,4)5)35(20-23-9-7-8-22(2)18-23)30(37)21-36(25-12-10-24(33)11-13-25)43(39,40)26-14-15-28-29(19-26)42-17-16-41-28/h7-15,18-19,27H,6,16-17,20-21H2,1-5H3,(H,34,38). The number of carbonyl (C=O) groups is 2. The van der Waals surface area contributed by atoms with E-state index in [0.717, 1.165) is 27.6 Å². The van der Waals surface area contributed by atoms with Crippen LogP contribution in [0.2, 0.25) is 0 Å². The third-order valence-corrected chi connectivity index (χ3v) is 8.58. The number of aryl methyl sites for hydroxylation is 1. The summed E-state index contributed by atoms with van der Waals surface area (Å²) >= 11 is 0. The molecule has 4 rings (SSSR count). The SMILES string of the molecule is CCC(C(=O)NC(C)(C)C)N(Cc1cccc(C)c1)C(=O)CN(c1ccc(F)cc1)S(=O)(=O)c1ccc2c(c1)OCCO2. The van der Waals surface area contributed by atoms with Crippen LogP contribution in [0.25, 0.3) is 0 Å². The summed E-state index contributed by atoms with van der Waals surface area (Å²) in [5.41, 5.74) is 1.31. The van der Waals surface area contributed by atoms with Crippen LogP contribution in [0.5, 0.6) is 11.5 Å². The molecule has 1 atom stereocenters. The number of nitrogens with one attached hydrogen (secondary N) is 1. The summed E-state index contributed by atoms with van der Waals surface area (Å²) in [6, 6.07) is 15.8. The lowest BCUT2D eigenvalue weighted by atomic mass is 10.0. The highest BCUT2D eigenvalue weighted by Gasteiger charge is 2.35. The lowest BCUT2D eigenvalue weighted by Gasteiger charge is -2.35. The van der Waals surface area contributed by atoms with Gasteiger partial charge in [0.15, 0.2) is 11.5 Å². The zero-order chi connectivity index (χ0) is 31.4. The van der Waals surface area contributed by atoms with Crippen LogP contribution < -0.4 is 19.1 Å². The maximum atomic E-state index is 14.2. The Labute approximate surface area is 252 Å². The maximum absolute atomic E-state index is 14.2. The number of sulfonamides is 1. The average molecular weight is 612 g/mol. The van der Waals surface area contributed by atoms with Gasteiger partial charge in [0, 0.05) is 18.2 Å². The Morgan fingerprint density at radius 1 is 0.977 bits per heavy atom. The molecule has 11 heteroatoms. The molecule has 230 valence electrons. The molecule has 0 aromatic heterocycles. The van der Waals surface area contributed by atoms with Crippen LogP contribution >= 0.6 is 0 Å². The van der Waals surface area contributed by atoms with Crippen molar-refractivity contribution < 1.29 is 31.9 Å². The minimum atomic E-state index is -4.36. The van der Waals surface area contributed by atoms with E-state index in [1.165, 1.54) is 35.2 Å². The number of amides is 2. The van der Waals surface area contributed by atoms with Crippen LogP contribution in [0.3, 0.4) is 0 Å². The molecular weight excluding hydrogens is 573 g/mol. The van der Waals surface area contributed by atoms with E-state index in [-0.39, 0.29) is 35.4 Å². The zero-order valence-corrected chi connectivity index (χ0v) is 25.9. The number of rotatable bonds is 10. The van der Waals surface area contributed by atoms with Crippen LogP contribution in [-0.4, -0.2) is 56.5 Å². The summed E-state index contributed by atoms with van der Waals surface area (Å²) in [7, 11) is -4.36. The van der Waals surface area contributed by atoms with Crippen molar-refractivity contribution >= 4 is 27.5 Å². The van der Waals surface area contributed by atoms with E-state index in [0.29, 0.717) is 18.8 Å².